The van der Waals surface area contributed by atoms with Gasteiger partial charge in [-0.05, 0) is 19.9 Å². The Hall–Kier alpha value is -2.37. The third kappa shape index (κ3) is 3.58. The number of hydrogen-bond acceptors (Lipinski definition) is 4. The van der Waals surface area contributed by atoms with Crippen molar-refractivity contribution in [3.8, 4) is 0 Å². The number of carbonyl (C=O) groups is 1. The Balaban J connectivity index is 3.04. The van der Waals surface area contributed by atoms with Crippen LogP contribution in [0.2, 0.25) is 0 Å². The van der Waals surface area contributed by atoms with E-state index in [9.17, 15) is 14.9 Å². The first-order valence-corrected chi connectivity index (χ1v) is 5.30. The van der Waals surface area contributed by atoms with Crippen LogP contribution >= 0.6 is 0 Å². The molecule has 1 aromatic rings. The van der Waals surface area contributed by atoms with Gasteiger partial charge < -0.3 is 10.4 Å². The van der Waals surface area contributed by atoms with E-state index in [0.29, 0.717) is 6.54 Å². The highest BCUT2D eigenvalue weighted by Gasteiger charge is 2.14. The molecular formula is C12H14N2O4. The molecule has 0 saturated heterocycles. The zero-order valence-electron chi connectivity index (χ0n) is 10.1. The maximum absolute atomic E-state index is 11.0. The molecule has 0 spiro atoms. The van der Waals surface area contributed by atoms with Crippen molar-refractivity contribution in [3.63, 3.8) is 0 Å². The van der Waals surface area contributed by atoms with Crippen molar-refractivity contribution < 1.29 is 14.8 Å². The Bertz CT molecular complexity index is 505. The van der Waals surface area contributed by atoms with Crippen LogP contribution in [0.3, 0.4) is 0 Å². The minimum atomic E-state index is -1.12. The predicted octanol–water partition coefficient (Wildman–Crippen LogP) is 2.67. The van der Waals surface area contributed by atoms with Gasteiger partial charge in [0.2, 0.25) is 0 Å². The highest BCUT2D eigenvalue weighted by atomic mass is 16.6. The molecule has 96 valence electrons. The number of anilines is 1. The molecule has 2 N–H and O–H groups in total. The maximum Gasteiger partial charge on any atom is 0.337 e. The Morgan fingerprint density at radius 1 is 1.50 bits per heavy atom. The third-order valence-corrected chi connectivity index (χ3v) is 2.25. The van der Waals surface area contributed by atoms with Crippen molar-refractivity contribution in [1.82, 2.24) is 0 Å². The number of aromatic carboxylic acids is 1. The number of hydrogen-bond donors (Lipinski definition) is 2. The number of nitro groups is 1. The van der Waals surface area contributed by atoms with Crippen LogP contribution in [0.1, 0.15) is 24.2 Å². The number of non-ortho nitro benzene ring substituents is 1. The van der Waals surface area contributed by atoms with Crippen LogP contribution in [-0.2, 0) is 0 Å². The van der Waals surface area contributed by atoms with Gasteiger partial charge in [-0.1, -0.05) is 11.6 Å². The quantitative estimate of drug-likeness (QED) is 0.476. The van der Waals surface area contributed by atoms with Crippen LogP contribution in [0.25, 0.3) is 0 Å². The van der Waals surface area contributed by atoms with Crippen molar-refractivity contribution in [2.45, 2.75) is 13.8 Å². The number of carboxylic acid groups (broad SMARTS) is 1. The van der Waals surface area contributed by atoms with E-state index in [2.05, 4.69) is 5.32 Å². The largest absolute Gasteiger partial charge is 0.478 e. The Kier molecular flexibility index (Phi) is 4.42. The summed E-state index contributed by atoms with van der Waals surface area (Å²) < 4.78 is 0. The van der Waals surface area contributed by atoms with Crippen LogP contribution in [0, 0.1) is 10.1 Å². The van der Waals surface area contributed by atoms with Crippen LogP contribution in [-0.4, -0.2) is 22.5 Å². The second-order valence-corrected chi connectivity index (χ2v) is 3.95. The molecule has 1 aromatic carbocycles. The Morgan fingerprint density at radius 2 is 2.17 bits per heavy atom. The highest BCUT2D eigenvalue weighted by molar-refractivity contribution is 5.94. The first-order valence-electron chi connectivity index (χ1n) is 5.30. The van der Waals surface area contributed by atoms with Crippen LogP contribution in [0.15, 0.2) is 29.8 Å². The molecule has 0 fully saturated rings. The summed E-state index contributed by atoms with van der Waals surface area (Å²) in [4.78, 5) is 21.1. The second-order valence-electron chi connectivity index (χ2n) is 3.95. The molecule has 18 heavy (non-hydrogen) atoms. The van der Waals surface area contributed by atoms with Crippen molar-refractivity contribution in [1.29, 1.82) is 0 Å². The van der Waals surface area contributed by atoms with Crippen LogP contribution in [0.5, 0.6) is 0 Å². The molecule has 0 bridgehead atoms. The molecule has 0 aliphatic carbocycles. The summed E-state index contributed by atoms with van der Waals surface area (Å²) in [6.45, 7) is 4.24. The van der Waals surface area contributed by atoms with Gasteiger partial charge in [0.1, 0.15) is 0 Å². The molecular weight excluding hydrogens is 236 g/mol. The fourth-order valence-corrected chi connectivity index (χ4v) is 1.34. The monoisotopic (exact) mass is 250 g/mol. The van der Waals surface area contributed by atoms with Gasteiger partial charge in [0.15, 0.2) is 0 Å². The van der Waals surface area contributed by atoms with Gasteiger partial charge in [-0.15, -0.1) is 0 Å². The van der Waals surface area contributed by atoms with Crippen molar-refractivity contribution in [2.24, 2.45) is 0 Å². The van der Waals surface area contributed by atoms with Gasteiger partial charge >= 0.3 is 5.97 Å². The summed E-state index contributed by atoms with van der Waals surface area (Å²) in [6.07, 6.45) is 1.87. The zero-order chi connectivity index (χ0) is 13.7. The van der Waals surface area contributed by atoms with Gasteiger partial charge in [-0.2, -0.15) is 0 Å². The number of nitrogens with zero attached hydrogens (tertiary/aromatic N) is 1. The van der Waals surface area contributed by atoms with E-state index in [-0.39, 0.29) is 16.9 Å². The molecule has 0 unspecified atom stereocenters. The van der Waals surface area contributed by atoms with Gasteiger partial charge in [-0.3, -0.25) is 10.1 Å². The van der Waals surface area contributed by atoms with E-state index in [1.54, 1.807) is 0 Å². The molecule has 6 heteroatoms. The average molecular weight is 250 g/mol. The molecule has 0 amide bonds. The fraction of sp³-hybridized carbons (Fsp3) is 0.250. The zero-order valence-corrected chi connectivity index (χ0v) is 10.1. The summed E-state index contributed by atoms with van der Waals surface area (Å²) in [5.74, 6) is -1.12. The Morgan fingerprint density at radius 3 is 2.67 bits per heavy atom. The predicted molar refractivity (Wildman–Crippen MR) is 68.0 cm³/mol. The number of nitro benzene ring substituents is 1. The van der Waals surface area contributed by atoms with Gasteiger partial charge in [0, 0.05) is 18.7 Å². The third-order valence-electron chi connectivity index (χ3n) is 2.25. The summed E-state index contributed by atoms with van der Waals surface area (Å²) in [7, 11) is 0. The lowest BCUT2D eigenvalue weighted by Gasteiger charge is -2.07. The smallest absolute Gasteiger partial charge is 0.337 e. The summed E-state index contributed by atoms with van der Waals surface area (Å²) >= 11 is 0. The fourth-order valence-electron chi connectivity index (χ4n) is 1.34. The summed E-state index contributed by atoms with van der Waals surface area (Å²) in [5.41, 5.74) is 1.20. The van der Waals surface area contributed by atoms with Crippen LogP contribution in [0.4, 0.5) is 11.4 Å². The molecule has 6 nitrogen and oxygen atoms in total. The molecule has 0 heterocycles. The second kappa shape index (κ2) is 5.81. The molecule has 0 aromatic heterocycles. The van der Waals surface area contributed by atoms with Gasteiger partial charge in [-0.25, -0.2) is 4.79 Å². The van der Waals surface area contributed by atoms with Gasteiger partial charge in [0.25, 0.3) is 5.69 Å². The number of carboxylic acids is 1. The number of benzene rings is 1. The van der Waals surface area contributed by atoms with Crippen molar-refractivity contribution in [3.05, 3.63) is 45.5 Å². The topological polar surface area (TPSA) is 92.5 Å². The maximum atomic E-state index is 11.0. The number of nitrogens with one attached hydrogen (secondary N) is 1. The van der Waals surface area contributed by atoms with Crippen molar-refractivity contribution >= 4 is 17.3 Å². The van der Waals surface area contributed by atoms with E-state index >= 15 is 0 Å². The number of allylic oxidation sites excluding steroid dienone is 1. The van der Waals surface area contributed by atoms with Gasteiger partial charge in [0.05, 0.1) is 16.2 Å². The highest BCUT2D eigenvalue weighted by Crippen LogP contribution is 2.22. The van der Waals surface area contributed by atoms with E-state index in [1.165, 1.54) is 18.2 Å². The molecule has 0 aliphatic heterocycles. The molecule has 0 aliphatic rings. The first kappa shape index (κ1) is 13.7. The molecule has 0 atom stereocenters. The molecule has 1 rings (SSSR count). The lowest BCUT2D eigenvalue weighted by Crippen LogP contribution is -2.07. The lowest BCUT2D eigenvalue weighted by atomic mass is 10.1. The van der Waals surface area contributed by atoms with Crippen LogP contribution < -0.4 is 5.32 Å². The first-order chi connectivity index (χ1) is 8.41. The van der Waals surface area contributed by atoms with Crippen molar-refractivity contribution in [2.75, 3.05) is 11.9 Å². The summed E-state index contributed by atoms with van der Waals surface area (Å²) in [6, 6.07) is 3.63. The lowest BCUT2D eigenvalue weighted by molar-refractivity contribution is -0.384. The number of rotatable bonds is 5. The van der Waals surface area contributed by atoms with E-state index in [0.717, 1.165) is 5.57 Å². The van der Waals surface area contributed by atoms with E-state index < -0.39 is 10.9 Å². The molecule has 0 radical (unpaired) electrons. The standard InChI is InChI=1S/C12H14N2O4/c1-8(2)5-6-13-11-7-9(14(17)18)3-4-10(11)12(15)16/h3-5,7,13H,6H2,1-2H3,(H,15,16). The summed E-state index contributed by atoms with van der Waals surface area (Å²) in [5, 5.41) is 22.5. The minimum absolute atomic E-state index is 0.0164. The normalized spacial score (nSPS) is 9.67. The van der Waals surface area contributed by atoms with E-state index in [4.69, 9.17) is 5.11 Å². The van der Waals surface area contributed by atoms with E-state index in [1.807, 2.05) is 19.9 Å². The minimum Gasteiger partial charge on any atom is -0.478 e. The average Bonchev–Trinajstić information content (AvgIpc) is 2.27. The Labute approximate surface area is 104 Å². The SMILES string of the molecule is CC(C)=CCNc1cc([N+](=O)[O-])ccc1C(=O)O. The molecule has 0 saturated carbocycles.